The van der Waals surface area contributed by atoms with E-state index in [1.807, 2.05) is 20.8 Å². The maximum Gasteiger partial charge on any atom is 0.0375 e. The van der Waals surface area contributed by atoms with Crippen molar-refractivity contribution < 1.29 is 4.21 Å². The van der Waals surface area contributed by atoms with Gasteiger partial charge >= 0.3 is 0 Å². The molecule has 1 aliphatic carbocycles. The van der Waals surface area contributed by atoms with Crippen LogP contribution in [-0.2, 0) is 10.8 Å². The lowest BCUT2D eigenvalue weighted by atomic mass is 10.0. The van der Waals surface area contributed by atoms with E-state index in [2.05, 4.69) is 0 Å². The second-order valence-corrected chi connectivity index (χ2v) is 7.63. The largest absolute Gasteiger partial charge is 0.327 e. The van der Waals surface area contributed by atoms with Crippen LogP contribution in [0.25, 0.3) is 0 Å². The molecule has 14 heavy (non-hydrogen) atoms. The Bertz CT molecular complexity index is 210. The van der Waals surface area contributed by atoms with Gasteiger partial charge in [0.15, 0.2) is 0 Å². The summed E-state index contributed by atoms with van der Waals surface area (Å²) in [5, 5.41) is 0. The molecule has 2 nitrogen and oxygen atoms in total. The van der Waals surface area contributed by atoms with Gasteiger partial charge < -0.3 is 5.73 Å². The van der Waals surface area contributed by atoms with E-state index in [1.54, 1.807) is 0 Å². The fourth-order valence-corrected chi connectivity index (χ4v) is 3.12. The van der Waals surface area contributed by atoms with Gasteiger partial charge in [0, 0.05) is 27.3 Å². The van der Waals surface area contributed by atoms with Crippen LogP contribution in [0, 0.1) is 5.92 Å². The molecule has 0 heterocycles. The predicted octanol–water partition coefficient (Wildman–Crippen LogP) is 2.05. The Morgan fingerprint density at radius 1 is 1.36 bits per heavy atom. The van der Waals surface area contributed by atoms with E-state index in [1.165, 1.54) is 12.8 Å². The molecule has 0 aromatic heterocycles. The summed E-state index contributed by atoms with van der Waals surface area (Å²) in [6.45, 7) is 6.12. The minimum atomic E-state index is -0.704. The fraction of sp³-hybridized carbons (Fsp3) is 1.00. The molecule has 2 N–H and O–H groups in total. The molecule has 1 aliphatic rings. The zero-order valence-electron chi connectivity index (χ0n) is 9.58. The zero-order chi connectivity index (χ0) is 10.8. The second-order valence-electron chi connectivity index (χ2n) is 5.31. The summed E-state index contributed by atoms with van der Waals surface area (Å²) in [5.74, 6) is 1.45. The molecular formula is C11H23NOS. The van der Waals surface area contributed by atoms with Gasteiger partial charge in [0.2, 0.25) is 0 Å². The molecule has 3 heteroatoms. The SMILES string of the molecule is CC(C)(C)S(=O)CCC1CCCC1N. The van der Waals surface area contributed by atoms with Crippen LogP contribution in [0.4, 0.5) is 0 Å². The van der Waals surface area contributed by atoms with Crippen LogP contribution in [0.2, 0.25) is 0 Å². The molecule has 3 atom stereocenters. The van der Waals surface area contributed by atoms with Crippen LogP contribution >= 0.6 is 0 Å². The number of nitrogens with two attached hydrogens (primary N) is 1. The maximum atomic E-state index is 11.8. The van der Waals surface area contributed by atoms with E-state index in [0.29, 0.717) is 12.0 Å². The lowest BCUT2D eigenvalue weighted by molar-refractivity contribution is 0.467. The van der Waals surface area contributed by atoms with Crippen molar-refractivity contribution in [3.63, 3.8) is 0 Å². The molecule has 3 unspecified atom stereocenters. The molecular weight excluding hydrogens is 194 g/mol. The van der Waals surface area contributed by atoms with Crippen molar-refractivity contribution in [2.45, 2.75) is 57.2 Å². The van der Waals surface area contributed by atoms with Crippen LogP contribution in [0.1, 0.15) is 46.5 Å². The van der Waals surface area contributed by atoms with Gasteiger partial charge in [-0.3, -0.25) is 4.21 Å². The maximum absolute atomic E-state index is 11.8. The quantitative estimate of drug-likeness (QED) is 0.786. The third-order valence-corrected chi connectivity index (χ3v) is 5.05. The highest BCUT2D eigenvalue weighted by atomic mass is 32.2. The number of hydrogen-bond donors (Lipinski definition) is 1. The van der Waals surface area contributed by atoms with E-state index in [4.69, 9.17) is 5.73 Å². The van der Waals surface area contributed by atoms with Crippen molar-refractivity contribution >= 4 is 10.8 Å². The van der Waals surface area contributed by atoms with Crippen LogP contribution in [0.15, 0.2) is 0 Å². The van der Waals surface area contributed by atoms with Gasteiger partial charge in [-0.05, 0) is 46.0 Å². The van der Waals surface area contributed by atoms with Crippen LogP contribution < -0.4 is 5.73 Å². The molecule has 1 saturated carbocycles. The zero-order valence-corrected chi connectivity index (χ0v) is 10.4. The standard InChI is InChI=1S/C11H23NOS/c1-11(2,3)14(13)8-7-9-5-4-6-10(9)12/h9-10H,4-8,12H2,1-3H3. The Kier molecular flexibility index (Phi) is 4.14. The molecule has 0 radical (unpaired) electrons. The highest BCUT2D eigenvalue weighted by Gasteiger charge is 2.26. The van der Waals surface area contributed by atoms with Crippen molar-refractivity contribution in [3.8, 4) is 0 Å². The smallest absolute Gasteiger partial charge is 0.0375 e. The molecule has 1 rings (SSSR count). The van der Waals surface area contributed by atoms with Crippen molar-refractivity contribution in [1.29, 1.82) is 0 Å². The minimum absolute atomic E-state index is 0.0668. The minimum Gasteiger partial charge on any atom is -0.327 e. The summed E-state index contributed by atoms with van der Waals surface area (Å²) in [5.41, 5.74) is 5.98. The normalized spacial score (nSPS) is 30.6. The Hall–Kier alpha value is 0.110. The summed E-state index contributed by atoms with van der Waals surface area (Å²) in [4.78, 5) is 0. The molecule has 1 fully saturated rings. The molecule has 0 spiro atoms. The van der Waals surface area contributed by atoms with Crippen molar-refractivity contribution in [2.24, 2.45) is 11.7 Å². The molecule has 0 aromatic carbocycles. The lowest BCUT2D eigenvalue weighted by Gasteiger charge is -2.20. The van der Waals surface area contributed by atoms with E-state index in [9.17, 15) is 4.21 Å². The Morgan fingerprint density at radius 3 is 2.43 bits per heavy atom. The monoisotopic (exact) mass is 217 g/mol. The molecule has 84 valence electrons. The third kappa shape index (κ3) is 3.35. The van der Waals surface area contributed by atoms with Crippen molar-refractivity contribution in [3.05, 3.63) is 0 Å². The Morgan fingerprint density at radius 2 is 2.00 bits per heavy atom. The Labute approximate surface area is 90.1 Å². The Balaban J connectivity index is 2.30. The van der Waals surface area contributed by atoms with E-state index < -0.39 is 10.8 Å². The van der Waals surface area contributed by atoms with Gasteiger partial charge in [0.1, 0.15) is 0 Å². The lowest BCUT2D eigenvalue weighted by Crippen LogP contribution is -2.29. The first-order valence-corrected chi connectivity index (χ1v) is 6.87. The fourth-order valence-electron chi connectivity index (χ4n) is 1.99. The summed E-state index contributed by atoms with van der Waals surface area (Å²) in [6.07, 6.45) is 4.70. The van der Waals surface area contributed by atoms with Crippen LogP contribution in [-0.4, -0.2) is 20.8 Å². The van der Waals surface area contributed by atoms with E-state index in [-0.39, 0.29) is 4.75 Å². The molecule has 0 saturated heterocycles. The molecule has 0 bridgehead atoms. The summed E-state index contributed by atoms with van der Waals surface area (Å²) < 4.78 is 11.7. The number of rotatable bonds is 3. The van der Waals surface area contributed by atoms with Crippen LogP contribution in [0.3, 0.4) is 0 Å². The van der Waals surface area contributed by atoms with E-state index >= 15 is 0 Å². The topological polar surface area (TPSA) is 43.1 Å². The highest BCUT2D eigenvalue weighted by Crippen LogP contribution is 2.27. The third-order valence-electron chi connectivity index (χ3n) is 3.07. The van der Waals surface area contributed by atoms with Crippen molar-refractivity contribution in [1.82, 2.24) is 0 Å². The van der Waals surface area contributed by atoms with Gasteiger partial charge in [-0.25, -0.2) is 0 Å². The van der Waals surface area contributed by atoms with Gasteiger partial charge in [0.05, 0.1) is 0 Å². The predicted molar refractivity (Wildman–Crippen MR) is 62.7 cm³/mol. The second kappa shape index (κ2) is 4.75. The van der Waals surface area contributed by atoms with Gasteiger partial charge in [-0.1, -0.05) is 6.42 Å². The van der Waals surface area contributed by atoms with Crippen LogP contribution in [0.5, 0.6) is 0 Å². The van der Waals surface area contributed by atoms with E-state index in [0.717, 1.165) is 18.6 Å². The molecule has 0 amide bonds. The average Bonchev–Trinajstić information content (AvgIpc) is 2.45. The van der Waals surface area contributed by atoms with Gasteiger partial charge in [-0.15, -0.1) is 0 Å². The number of hydrogen-bond acceptors (Lipinski definition) is 2. The summed E-state index contributed by atoms with van der Waals surface area (Å²) in [6, 6.07) is 0.368. The molecule has 0 aromatic rings. The van der Waals surface area contributed by atoms with Gasteiger partial charge in [0.25, 0.3) is 0 Å². The summed E-state index contributed by atoms with van der Waals surface area (Å²) >= 11 is 0. The average molecular weight is 217 g/mol. The molecule has 0 aliphatic heterocycles. The summed E-state index contributed by atoms with van der Waals surface area (Å²) in [7, 11) is -0.704. The highest BCUT2D eigenvalue weighted by molar-refractivity contribution is 7.86. The van der Waals surface area contributed by atoms with Crippen molar-refractivity contribution in [2.75, 3.05) is 5.75 Å². The van der Waals surface area contributed by atoms with Gasteiger partial charge in [-0.2, -0.15) is 0 Å². The first kappa shape index (κ1) is 12.2. The first-order chi connectivity index (χ1) is 6.41. The first-order valence-electron chi connectivity index (χ1n) is 5.55.